The monoisotopic (exact) mass is 276 g/mol. The molecule has 2 fully saturated rings. The van der Waals surface area contributed by atoms with Gasteiger partial charge in [0.2, 0.25) is 0 Å². The van der Waals surface area contributed by atoms with Crippen LogP contribution in [0.4, 0.5) is 0 Å². The molecule has 2 aliphatic rings. The van der Waals surface area contributed by atoms with E-state index in [9.17, 15) is 8.42 Å². The van der Waals surface area contributed by atoms with Crippen molar-refractivity contribution >= 4 is 9.84 Å². The second-order valence-electron chi connectivity index (χ2n) is 5.42. The van der Waals surface area contributed by atoms with Crippen LogP contribution in [0.1, 0.15) is 25.7 Å². The fourth-order valence-corrected chi connectivity index (χ4v) is 4.77. The van der Waals surface area contributed by atoms with Crippen LogP contribution in [0, 0.1) is 0 Å². The van der Waals surface area contributed by atoms with Crippen molar-refractivity contribution in [2.24, 2.45) is 0 Å². The number of hydrogen-bond acceptors (Lipinski definition) is 5. The van der Waals surface area contributed by atoms with Gasteiger partial charge in [0.25, 0.3) is 0 Å². The van der Waals surface area contributed by atoms with Crippen molar-refractivity contribution in [2.45, 2.75) is 37.8 Å². The molecular weight excluding hydrogens is 252 g/mol. The average molecular weight is 276 g/mol. The number of rotatable bonds is 5. The molecule has 0 aromatic carbocycles. The van der Waals surface area contributed by atoms with Gasteiger partial charge in [-0.3, -0.25) is 4.90 Å². The summed E-state index contributed by atoms with van der Waals surface area (Å²) in [4.78, 5) is 2.17. The van der Waals surface area contributed by atoms with E-state index in [1.165, 1.54) is 6.42 Å². The Morgan fingerprint density at radius 2 is 2.11 bits per heavy atom. The molecule has 0 bridgehead atoms. The highest BCUT2D eigenvalue weighted by atomic mass is 32.2. The Kier molecular flexibility index (Phi) is 5.00. The largest absolute Gasteiger partial charge is 0.395 e. The first-order valence-electron chi connectivity index (χ1n) is 6.89. The summed E-state index contributed by atoms with van der Waals surface area (Å²) < 4.78 is 23.4. The van der Waals surface area contributed by atoms with E-state index in [4.69, 9.17) is 5.11 Å². The Morgan fingerprint density at radius 3 is 2.72 bits per heavy atom. The van der Waals surface area contributed by atoms with Gasteiger partial charge >= 0.3 is 0 Å². The third-order valence-electron chi connectivity index (χ3n) is 3.96. The minimum absolute atomic E-state index is 0.0956. The topological polar surface area (TPSA) is 69.6 Å². The Balaban J connectivity index is 1.95. The first-order valence-corrected chi connectivity index (χ1v) is 8.71. The predicted molar refractivity (Wildman–Crippen MR) is 71.4 cm³/mol. The van der Waals surface area contributed by atoms with Crippen LogP contribution in [0.5, 0.6) is 0 Å². The maximum Gasteiger partial charge on any atom is 0.151 e. The van der Waals surface area contributed by atoms with Gasteiger partial charge in [-0.2, -0.15) is 0 Å². The summed E-state index contributed by atoms with van der Waals surface area (Å²) in [5, 5.41) is 12.6. The molecule has 2 atom stereocenters. The van der Waals surface area contributed by atoms with Crippen LogP contribution < -0.4 is 5.32 Å². The number of hydrogen-bond donors (Lipinski definition) is 2. The SMILES string of the molecule is O=S1(=O)CCCC(N(CCO)CC2CCCN2)C1. The van der Waals surface area contributed by atoms with E-state index in [1.54, 1.807) is 0 Å². The fourth-order valence-electron chi connectivity index (χ4n) is 3.03. The molecular formula is C12H24N2O3S. The molecule has 2 aliphatic heterocycles. The lowest BCUT2D eigenvalue weighted by molar-refractivity contribution is 0.141. The molecule has 0 saturated carbocycles. The van der Waals surface area contributed by atoms with Crippen LogP contribution in [0.25, 0.3) is 0 Å². The Hall–Kier alpha value is -0.170. The maximum absolute atomic E-state index is 11.7. The van der Waals surface area contributed by atoms with E-state index < -0.39 is 9.84 Å². The van der Waals surface area contributed by atoms with Crippen LogP contribution in [0.15, 0.2) is 0 Å². The van der Waals surface area contributed by atoms with Crippen LogP contribution >= 0.6 is 0 Å². The Labute approximate surface area is 109 Å². The summed E-state index contributed by atoms with van der Waals surface area (Å²) in [5.74, 6) is 0.595. The van der Waals surface area contributed by atoms with Gasteiger partial charge < -0.3 is 10.4 Å². The molecule has 0 spiro atoms. The molecule has 18 heavy (non-hydrogen) atoms. The molecule has 106 valence electrons. The lowest BCUT2D eigenvalue weighted by atomic mass is 10.1. The zero-order valence-corrected chi connectivity index (χ0v) is 11.7. The van der Waals surface area contributed by atoms with Gasteiger partial charge in [-0.25, -0.2) is 8.42 Å². The van der Waals surface area contributed by atoms with Gasteiger partial charge in [0, 0.05) is 25.2 Å². The van der Waals surface area contributed by atoms with Crippen LogP contribution in [-0.4, -0.2) is 68.3 Å². The van der Waals surface area contributed by atoms with Crippen molar-refractivity contribution < 1.29 is 13.5 Å². The minimum atomic E-state index is -2.87. The van der Waals surface area contributed by atoms with E-state index >= 15 is 0 Å². The Bertz CT molecular complexity index is 352. The third-order valence-corrected chi connectivity index (χ3v) is 5.76. The highest BCUT2D eigenvalue weighted by molar-refractivity contribution is 7.91. The van der Waals surface area contributed by atoms with E-state index in [2.05, 4.69) is 10.2 Å². The van der Waals surface area contributed by atoms with E-state index in [0.717, 1.165) is 32.4 Å². The molecule has 2 heterocycles. The number of nitrogens with zero attached hydrogens (tertiary/aromatic N) is 1. The van der Waals surface area contributed by atoms with Gasteiger partial charge in [0.05, 0.1) is 18.1 Å². The fraction of sp³-hybridized carbons (Fsp3) is 1.00. The summed E-state index contributed by atoms with van der Waals surface area (Å²) in [6.07, 6.45) is 4.04. The summed E-state index contributed by atoms with van der Waals surface area (Å²) in [6, 6.07) is 0.555. The van der Waals surface area contributed by atoms with Crippen LogP contribution in [0.3, 0.4) is 0 Å². The standard InChI is InChI=1S/C12H24N2O3S/c15-7-6-14(9-11-3-1-5-13-11)12-4-2-8-18(16,17)10-12/h11-13,15H,1-10H2. The number of aliphatic hydroxyl groups is 1. The van der Waals surface area contributed by atoms with E-state index in [-0.39, 0.29) is 18.4 Å². The van der Waals surface area contributed by atoms with Crippen molar-refractivity contribution in [3.05, 3.63) is 0 Å². The quantitative estimate of drug-likeness (QED) is 0.716. The highest BCUT2D eigenvalue weighted by Crippen LogP contribution is 2.19. The molecule has 0 aromatic heterocycles. The van der Waals surface area contributed by atoms with E-state index in [1.807, 2.05) is 0 Å². The highest BCUT2D eigenvalue weighted by Gasteiger charge is 2.30. The molecule has 5 nitrogen and oxygen atoms in total. The van der Waals surface area contributed by atoms with Gasteiger partial charge in [-0.1, -0.05) is 0 Å². The first-order chi connectivity index (χ1) is 8.61. The summed E-state index contributed by atoms with van der Waals surface area (Å²) in [5.41, 5.74) is 0. The van der Waals surface area contributed by atoms with Gasteiger partial charge in [-0.05, 0) is 32.2 Å². The van der Waals surface area contributed by atoms with Gasteiger partial charge in [-0.15, -0.1) is 0 Å². The van der Waals surface area contributed by atoms with Crippen molar-refractivity contribution in [3.8, 4) is 0 Å². The smallest absolute Gasteiger partial charge is 0.151 e. The molecule has 0 aliphatic carbocycles. The minimum Gasteiger partial charge on any atom is -0.395 e. The average Bonchev–Trinajstić information content (AvgIpc) is 2.80. The maximum atomic E-state index is 11.7. The van der Waals surface area contributed by atoms with Crippen molar-refractivity contribution in [1.82, 2.24) is 10.2 Å². The van der Waals surface area contributed by atoms with Crippen LogP contribution in [0.2, 0.25) is 0 Å². The second-order valence-corrected chi connectivity index (χ2v) is 7.65. The zero-order chi connectivity index (χ0) is 13.0. The predicted octanol–water partition coefficient (Wildman–Crippen LogP) is -0.390. The molecule has 0 aromatic rings. The molecule has 2 unspecified atom stereocenters. The van der Waals surface area contributed by atoms with Crippen molar-refractivity contribution in [2.75, 3.05) is 37.7 Å². The molecule has 2 N–H and O–H groups in total. The number of aliphatic hydroxyl groups excluding tert-OH is 1. The van der Waals surface area contributed by atoms with Crippen LogP contribution in [-0.2, 0) is 9.84 Å². The van der Waals surface area contributed by atoms with Crippen molar-refractivity contribution in [1.29, 1.82) is 0 Å². The normalized spacial score (nSPS) is 31.9. The van der Waals surface area contributed by atoms with Crippen molar-refractivity contribution in [3.63, 3.8) is 0 Å². The first kappa shape index (κ1) is 14.2. The lowest BCUT2D eigenvalue weighted by Gasteiger charge is -2.35. The van der Waals surface area contributed by atoms with Gasteiger partial charge in [0.15, 0.2) is 9.84 Å². The number of sulfone groups is 1. The Morgan fingerprint density at radius 1 is 1.28 bits per heavy atom. The summed E-state index contributed by atoms with van der Waals surface area (Å²) in [7, 11) is -2.87. The third kappa shape index (κ3) is 3.91. The molecule has 6 heteroatoms. The van der Waals surface area contributed by atoms with Gasteiger partial charge in [0.1, 0.15) is 0 Å². The molecule has 2 rings (SSSR count). The lowest BCUT2D eigenvalue weighted by Crippen LogP contribution is -2.49. The zero-order valence-electron chi connectivity index (χ0n) is 10.8. The molecule has 0 amide bonds. The van der Waals surface area contributed by atoms with E-state index in [0.29, 0.717) is 18.3 Å². The summed E-state index contributed by atoms with van der Waals surface area (Å²) in [6.45, 7) is 2.60. The summed E-state index contributed by atoms with van der Waals surface area (Å²) >= 11 is 0. The molecule has 0 radical (unpaired) electrons. The molecule has 2 saturated heterocycles. The number of nitrogens with one attached hydrogen (secondary N) is 1. The second kappa shape index (κ2) is 6.32.